The maximum absolute atomic E-state index is 12.5. The Morgan fingerprint density at radius 3 is 2.32 bits per heavy atom. The second-order valence-electron chi connectivity index (χ2n) is 6.31. The molecule has 2 aromatic carbocycles. The van der Waals surface area contributed by atoms with Crippen LogP contribution in [0.1, 0.15) is 5.56 Å². The standard InChI is InChI=1S/C23H18N4O/c28-23(14-18-8-4-5-9-21(18)20-12-13-25-26-16-20)27-22-11-10-19(15-24-22)17-6-2-1-3-7-17/h1-13,15-16H,14H2,(H,24,27,28). The second-order valence-corrected chi connectivity index (χ2v) is 6.31. The van der Waals surface area contributed by atoms with Crippen LogP contribution in [0, 0.1) is 0 Å². The van der Waals surface area contributed by atoms with Gasteiger partial charge in [-0.1, -0.05) is 54.6 Å². The molecule has 1 N–H and O–H groups in total. The maximum atomic E-state index is 12.5. The van der Waals surface area contributed by atoms with Gasteiger partial charge in [0.05, 0.1) is 18.8 Å². The highest BCUT2D eigenvalue weighted by atomic mass is 16.1. The minimum Gasteiger partial charge on any atom is -0.310 e. The molecule has 136 valence electrons. The summed E-state index contributed by atoms with van der Waals surface area (Å²) in [4.78, 5) is 16.9. The fraction of sp³-hybridized carbons (Fsp3) is 0.0435. The fourth-order valence-corrected chi connectivity index (χ4v) is 3.04. The van der Waals surface area contributed by atoms with Crippen molar-refractivity contribution in [1.82, 2.24) is 15.2 Å². The van der Waals surface area contributed by atoms with E-state index in [9.17, 15) is 4.79 Å². The number of carbonyl (C=O) groups is 1. The molecule has 0 bridgehead atoms. The summed E-state index contributed by atoms with van der Waals surface area (Å²) in [5.74, 6) is 0.419. The molecule has 0 spiro atoms. The first-order chi connectivity index (χ1) is 13.8. The van der Waals surface area contributed by atoms with Crippen LogP contribution < -0.4 is 5.32 Å². The van der Waals surface area contributed by atoms with Gasteiger partial charge in [0, 0.05) is 17.3 Å². The molecule has 0 aliphatic rings. The average molecular weight is 366 g/mol. The van der Waals surface area contributed by atoms with Crippen LogP contribution in [0.25, 0.3) is 22.3 Å². The number of anilines is 1. The minimum absolute atomic E-state index is 0.116. The first kappa shape index (κ1) is 17.5. The van der Waals surface area contributed by atoms with Crippen molar-refractivity contribution < 1.29 is 4.79 Å². The van der Waals surface area contributed by atoms with E-state index in [4.69, 9.17) is 0 Å². The van der Waals surface area contributed by atoms with Crippen molar-refractivity contribution >= 4 is 11.7 Å². The lowest BCUT2D eigenvalue weighted by atomic mass is 9.99. The van der Waals surface area contributed by atoms with Gasteiger partial charge in [0.2, 0.25) is 5.91 Å². The number of rotatable bonds is 5. The van der Waals surface area contributed by atoms with Crippen molar-refractivity contribution in [2.75, 3.05) is 5.32 Å². The summed E-state index contributed by atoms with van der Waals surface area (Å²) < 4.78 is 0. The summed E-state index contributed by atoms with van der Waals surface area (Å²) in [5.41, 5.74) is 4.93. The highest BCUT2D eigenvalue weighted by Crippen LogP contribution is 2.23. The van der Waals surface area contributed by atoms with Gasteiger partial charge in [-0.2, -0.15) is 10.2 Å². The van der Waals surface area contributed by atoms with Gasteiger partial charge < -0.3 is 5.32 Å². The number of nitrogens with zero attached hydrogens (tertiary/aromatic N) is 3. The van der Waals surface area contributed by atoms with E-state index in [0.29, 0.717) is 5.82 Å². The normalized spacial score (nSPS) is 10.4. The fourth-order valence-electron chi connectivity index (χ4n) is 3.04. The summed E-state index contributed by atoms with van der Waals surface area (Å²) in [6.45, 7) is 0. The number of carbonyl (C=O) groups excluding carboxylic acids is 1. The molecular formula is C23H18N4O. The zero-order valence-electron chi connectivity index (χ0n) is 15.1. The van der Waals surface area contributed by atoms with Gasteiger partial charge in [-0.15, -0.1) is 0 Å². The van der Waals surface area contributed by atoms with Crippen molar-refractivity contribution in [2.45, 2.75) is 6.42 Å². The Balaban J connectivity index is 1.47. The third-order valence-corrected chi connectivity index (χ3v) is 4.40. The second kappa shape index (κ2) is 8.22. The largest absolute Gasteiger partial charge is 0.310 e. The van der Waals surface area contributed by atoms with Crippen molar-refractivity contribution in [3.8, 4) is 22.3 Å². The zero-order chi connectivity index (χ0) is 19.2. The van der Waals surface area contributed by atoms with E-state index in [2.05, 4.69) is 20.5 Å². The smallest absolute Gasteiger partial charge is 0.229 e. The molecule has 2 aromatic heterocycles. The van der Waals surface area contributed by atoms with Gasteiger partial charge in [-0.25, -0.2) is 4.98 Å². The number of nitrogens with one attached hydrogen (secondary N) is 1. The lowest BCUT2D eigenvalue weighted by molar-refractivity contribution is -0.115. The summed E-state index contributed by atoms with van der Waals surface area (Å²) >= 11 is 0. The molecule has 0 unspecified atom stereocenters. The SMILES string of the molecule is O=C(Cc1ccccc1-c1ccnnc1)Nc1ccc(-c2ccccc2)cn1. The Morgan fingerprint density at radius 2 is 1.57 bits per heavy atom. The van der Waals surface area contributed by atoms with Crippen molar-refractivity contribution in [1.29, 1.82) is 0 Å². The van der Waals surface area contributed by atoms with E-state index in [1.165, 1.54) is 0 Å². The third-order valence-electron chi connectivity index (χ3n) is 4.40. The number of hydrogen-bond donors (Lipinski definition) is 1. The molecule has 4 aromatic rings. The summed E-state index contributed by atoms with van der Waals surface area (Å²) in [6, 6.07) is 23.5. The van der Waals surface area contributed by atoms with Crippen LogP contribution in [-0.4, -0.2) is 21.1 Å². The molecule has 2 heterocycles. The molecule has 0 radical (unpaired) electrons. The third kappa shape index (κ3) is 4.10. The monoisotopic (exact) mass is 366 g/mol. The summed E-state index contributed by atoms with van der Waals surface area (Å²) in [5, 5.41) is 10.6. The van der Waals surface area contributed by atoms with Crippen molar-refractivity contribution in [2.24, 2.45) is 0 Å². The summed E-state index contributed by atoms with van der Waals surface area (Å²) in [7, 11) is 0. The Kier molecular flexibility index (Phi) is 5.15. The van der Waals surface area contributed by atoms with Crippen molar-refractivity contribution in [3.63, 3.8) is 0 Å². The van der Waals surface area contributed by atoms with E-state index >= 15 is 0 Å². The first-order valence-corrected chi connectivity index (χ1v) is 8.96. The molecule has 0 aliphatic carbocycles. The number of aromatic nitrogens is 3. The van der Waals surface area contributed by atoms with Crippen LogP contribution >= 0.6 is 0 Å². The van der Waals surface area contributed by atoms with E-state index in [1.807, 2.05) is 72.8 Å². The lowest BCUT2D eigenvalue weighted by Crippen LogP contribution is -2.15. The Labute approximate surface area is 163 Å². The van der Waals surface area contributed by atoms with Crippen LogP contribution in [0.3, 0.4) is 0 Å². The van der Waals surface area contributed by atoms with Crippen LogP contribution in [0.15, 0.2) is 91.4 Å². The van der Waals surface area contributed by atoms with Crippen molar-refractivity contribution in [3.05, 3.63) is 97.0 Å². The van der Waals surface area contributed by atoms with E-state index < -0.39 is 0 Å². The zero-order valence-corrected chi connectivity index (χ0v) is 15.1. The highest BCUT2D eigenvalue weighted by molar-refractivity contribution is 5.92. The predicted molar refractivity (Wildman–Crippen MR) is 109 cm³/mol. The Hall–Kier alpha value is -3.86. The van der Waals surface area contributed by atoms with Gasteiger partial charge in [-0.05, 0) is 34.9 Å². The lowest BCUT2D eigenvalue weighted by Gasteiger charge is -2.10. The molecule has 1 amide bonds. The molecule has 0 fully saturated rings. The average Bonchev–Trinajstić information content (AvgIpc) is 2.76. The number of amides is 1. The van der Waals surface area contributed by atoms with Crippen LogP contribution in [0.5, 0.6) is 0 Å². The molecule has 0 aliphatic heterocycles. The summed E-state index contributed by atoms with van der Waals surface area (Å²) in [6.07, 6.45) is 5.35. The predicted octanol–water partition coefficient (Wildman–Crippen LogP) is 4.39. The van der Waals surface area contributed by atoms with Gasteiger partial charge in [0.25, 0.3) is 0 Å². The Bertz CT molecular complexity index is 1060. The molecular weight excluding hydrogens is 348 g/mol. The molecule has 4 rings (SSSR count). The quantitative estimate of drug-likeness (QED) is 0.569. The van der Waals surface area contributed by atoms with E-state index in [0.717, 1.165) is 27.8 Å². The molecule has 0 saturated heterocycles. The van der Waals surface area contributed by atoms with E-state index in [-0.39, 0.29) is 12.3 Å². The van der Waals surface area contributed by atoms with Gasteiger partial charge in [-0.3, -0.25) is 4.79 Å². The molecule has 0 saturated carbocycles. The molecule has 5 nitrogen and oxygen atoms in total. The number of benzene rings is 2. The molecule has 0 atom stereocenters. The molecule has 28 heavy (non-hydrogen) atoms. The first-order valence-electron chi connectivity index (χ1n) is 8.96. The van der Waals surface area contributed by atoms with Crippen LogP contribution in [0.4, 0.5) is 5.82 Å². The van der Waals surface area contributed by atoms with E-state index in [1.54, 1.807) is 18.6 Å². The number of hydrogen-bond acceptors (Lipinski definition) is 4. The van der Waals surface area contributed by atoms with Crippen LogP contribution in [0.2, 0.25) is 0 Å². The van der Waals surface area contributed by atoms with Crippen LogP contribution in [-0.2, 0) is 11.2 Å². The van der Waals surface area contributed by atoms with Gasteiger partial charge in [0.1, 0.15) is 5.82 Å². The van der Waals surface area contributed by atoms with Gasteiger partial charge >= 0.3 is 0 Å². The topological polar surface area (TPSA) is 67.8 Å². The minimum atomic E-state index is -0.116. The highest BCUT2D eigenvalue weighted by Gasteiger charge is 2.10. The number of pyridine rings is 1. The molecule has 5 heteroatoms. The Morgan fingerprint density at radius 1 is 0.750 bits per heavy atom. The maximum Gasteiger partial charge on any atom is 0.229 e. The van der Waals surface area contributed by atoms with Gasteiger partial charge in [0.15, 0.2) is 0 Å².